The molecule has 0 unspecified atom stereocenters. The van der Waals surface area contributed by atoms with Crippen molar-refractivity contribution >= 4 is 17.5 Å². The Bertz CT molecular complexity index is 918. The Morgan fingerprint density at radius 1 is 1.31 bits per heavy atom. The molecule has 1 amide bonds. The molecule has 26 heavy (non-hydrogen) atoms. The molecule has 8 heteroatoms. The van der Waals surface area contributed by atoms with E-state index in [1.807, 2.05) is 18.5 Å². The van der Waals surface area contributed by atoms with Gasteiger partial charge in [-0.3, -0.25) is 9.48 Å². The van der Waals surface area contributed by atoms with E-state index >= 15 is 0 Å². The lowest BCUT2D eigenvalue weighted by atomic mass is 10.1. The third kappa shape index (κ3) is 3.94. The van der Waals surface area contributed by atoms with Crippen molar-refractivity contribution in [3.8, 4) is 11.3 Å². The van der Waals surface area contributed by atoms with E-state index in [2.05, 4.69) is 15.6 Å². The van der Waals surface area contributed by atoms with Gasteiger partial charge < -0.3 is 9.84 Å². The summed E-state index contributed by atoms with van der Waals surface area (Å²) in [6.07, 6.45) is 0.701. The summed E-state index contributed by atoms with van der Waals surface area (Å²) in [6, 6.07) is 7.31. The first-order valence-electron chi connectivity index (χ1n) is 8.16. The SMILES string of the molecule is Cc1nn(CCCNC(=O)c2cc(-c3ccc(F)cc3)on2)c(C)c1Cl. The van der Waals surface area contributed by atoms with Gasteiger partial charge in [-0.15, -0.1) is 0 Å². The quantitative estimate of drug-likeness (QED) is 0.665. The highest BCUT2D eigenvalue weighted by Gasteiger charge is 2.14. The Morgan fingerprint density at radius 2 is 2.04 bits per heavy atom. The molecule has 2 heterocycles. The molecule has 0 radical (unpaired) electrons. The van der Waals surface area contributed by atoms with E-state index in [4.69, 9.17) is 16.1 Å². The van der Waals surface area contributed by atoms with Crippen molar-refractivity contribution in [2.75, 3.05) is 6.54 Å². The molecule has 1 aromatic carbocycles. The number of aromatic nitrogens is 3. The topological polar surface area (TPSA) is 73.0 Å². The predicted octanol–water partition coefficient (Wildman–Crippen LogP) is 3.77. The molecule has 0 saturated carbocycles. The second-order valence-electron chi connectivity index (χ2n) is 5.90. The van der Waals surface area contributed by atoms with Gasteiger partial charge in [-0.25, -0.2) is 4.39 Å². The molecule has 136 valence electrons. The number of carbonyl (C=O) groups is 1. The number of rotatable bonds is 6. The molecule has 6 nitrogen and oxygen atoms in total. The van der Waals surface area contributed by atoms with Crippen molar-refractivity contribution in [1.82, 2.24) is 20.3 Å². The third-order valence-electron chi connectivity index (χ3n) is 4.00. The van der Waals surface area contributed by atoms with E-state index in [0.717, 1.165) is 11.4 Å². The van der Waals surface area contributed by atoms with E-state index in [1.165, 1.54) is 18.2 Å². The van der Waals surface area contributed by atoms with Crippen LogP contribution in [0.2, 0.25) is 5.02 Å². The highest BCUT2D eigenvalue weighted by molar-refractivity contribution is 6.31. The number of amides is 1. The number of hydrogen-bond donors (Lipinski definition) is 1. The average molecular weight is 377 g/mol. The van der Waals surface area contributed by atoms with Crippen molar-refractivity contribution in [2.24, 2.45) is 0 Å². The van der Waals surface area contributed by atoms with Gasteiger partial charge in [-0.1, -0.05) is 16.8 Å². The average Bonchev–Trinajstić information content (AvgIpc) is 3.21. The van der Waals surface area contributed by atoms with E-state index in [1.54, 1.807) is 12.1 Å². The Kier molecular flexibility index (Phi) is 5.37. The smallest absolute Gasteiger partial charge is 0.273 e. The van der Waals surface area contributed by atoms with Crippen LogP contribution in [0.4, 0.5) is 4.39 Å². The number of hydrogen-bond acceptors (Lipinski definition) is 4. The van der Waals surface area contributed by atoms with Crippen LogP contribution in [0.3, 0.4) is 0 Å². The van der Waals surface area contributed by atoms with Gasteiger partial charge >= 0.3 is 0 Å². The zero-order valence-electron chi connectivity index (χ0n) is 14.4. The van der Waals surface area contributed by atoms with Gasteiger partial charge in [0, 0.05) is 24.7 Å². The Hall–Kier alpha value is -2.67. The predicted molar refractivity (Wildman–Crippen MR) is 95.6 cm³/mol. The minimum atomic E-state index is -0.338. The summed E-state index contributed by atoms with van der Waals surface area (Å²) < 4.78 is 19.9. The minimum absolute atomic E-state index is 0.179. The van der Waals surface area contributed by atoms with Gasteiger partial charge in [0.2, 0.25) is 0 Å². The summed E-state index contributed by atoms with van der Waals surface area (Å²) in [4.78, 5) is 12.1. The fourth-order valence-electron chi connectivity index (χ4n) is 2.55. The first-order valence-corrected chi connectivity index (χ1v) is 8.54. The lowest BCUT2D eigenvalue weighted by Gasteiger charge is -2.05. The minimum Gasteiger partial charge on any atom is -0.355 e. The molecular formula is C18H18ClFN4O2. The van der Waals surface area contributed by atoms with Crippen molar-refractivity contribution in [2.45, 2.75) is 26.8 Å². The van der Waals surface area contributed by atoms with Crippen LogP contribution in [-0.4, -0.2) is 27.4 Å². The number of benzene rings is 1. The van der Waals surface area contributed by atoms with Crippen molar-refractivity contribution in [3.63, 3.8) is 0 Å². The molecule has 0 fully saturated rings. The van der Waals surface area contributed by atoms with Gasteiger partial charge in [0.15, 0.2) is 11.5 Å². The van der Waals surface area contributed by atoms with Crippen molar-refractivity contribution in [1.29, 1.82) is 0 Å². The summed E-state index contributed by atoms with van der Waals surface area (Å²) in [5, 5.41) is 11.6. The summed E-state index contributed by atoms with van der Waals surface area (Å²) in [5.41, 5.74) is 2.54. The number of carbonyl (C=O) groups excluding carboxylic acids is 1. The van der Waals surface area contributed by atoms with Crippen molar-refractivity contribution < 1.29 is 13.7 Å². The highest BCUT2D eigenvalue weighted by atomic mass is 35.5. The molecule has 0 aliphatic heterocycles. The summed E-state index contributed by atoms with van der Waals surface area (Å²) in [7, 11) is 0. The lowest BCUT2D eigenvalue weighted by molar-refractivity contribution is 0.0943. The Labute approximate surface area is 154 Å². The summed E-state index contributed by atoms with van der Waals surface area (Å²) in [5.74, 6) is -0.254. The summed E-state index contributed by atoms with van der Waals surface area (Å²) >= 11 is 6.11. The van der Waals surface area contributed by atoms with E-state index in [-0.39, 0.29) is 17.4 Å². The third-order valence-corrected chi connectivity index (χ3v) is 4.54. The largest absolute Gasteiger partial charge is 0.355 e. The van der Waals surface area contributed by atoms with E-state index in [0.29, 0.717) is 35.9 Å². The first kappa shape index (κ1) is 18.1. The number of aryl methyl sites for hydroxylation is 2. The van der Waals surface area contributed by atoms with Crippen LogP contribution in [0, 0.1) is 19.7 Å². The van der Waals surface area contributed by atoms with Gasteiger partial charge in [-0.2, -0.15) is 5.10 Å². The van der Waals surface area contributed by atoms with Gasteiger partial charge in [0.25, 0.3) is 5.91 Å². The molecule has 0 spiro atoms. The van der Waals surface area contributed by atoms with Gasteiger partial charge in [0.05, 0.1) is 16.4 Å². The zero-order valence-corrected chi connectivity index (χ0v) is 15.2. The lowest BCUT2D eigenvalue weighted by Crippen LogP contribution is -2.25. The van der Waals surface area contributed by atoms with Crippen LogP contribution >= 0.6 is 11.6 Å². The maximum atomic E-state index is 13.0. The second-order valence-corrected chi connectivity index (χ2v) is 6.28. The van der Waals surface area contributed by atoms with Crippen LogP contribution in [0.15, 0.2) is 34.9 Å². The molecule has 3 rings (SSSR count). The number of halogens is 2. The summed E-state index contributed by atoms with van der Waals surface area (Å²) in [6.45, 7) is 4.89. The first-order chi connectivity index (χ1) is 12.5. The number of nitrogens with zero attached hydrogens (tertiary/aromatic N) is 3. The Balaban J connectivity index is 1.52. The number of nitrogens with one attached hydrogen (secondary N) is 1. The van der Waals surface area contributed by atoms with Crippen LogP contribution in [0.1, 0.15) is 28.3 Å². The fourth-order valence-corrected chi connectivity index (χ4v) is 2.68. The van der Waals surface area contributed by atoms with E-state index < -0.39 is 0 Å². The van der Waals surface area contributed by atoms with Crippen LogP contribution in [0.5, 0.6) is 0 Å². The molecule has 0 aliphatic carbocycles. The maximum Gasteiger partial charge on any atom is 0.273 e. The zero-order chi connectivity index (χ0) is 18.7. The van der Waals surface area contributed by atoms with E-state index in [9.17, 15) is 9.18 Å². The van der Waals surface area contributed by atoms with Gasteiger partial charge in [-0.05, 0) is 44.5 Å². The van der Waals surface area contributed by atoms with Crippen LogP contribution in [-0.2, 0) is 6.54 Å². The fraction of sp³-hybridized carbons (Fsp3) is 0.278. The van der Waals surface area contributed by atoms with Crippen LogP contribution in [0.25, 0.3) is 11.3 Å². The van der Waals surface area contributed by atoms with Gasteiger partial charge in [0.1, 0.15) is 5.82 Å². The highest BCUT2D eigenvalue weighted by Crippen LogP contribution is 2.21. The molecule has 0 saturated heterocycles. The molecule has 0 atom stereocenters. The van der Waals surface area contributed by atoms with Crippen molar-refractivity contribution in [3.05, 3.63) is 58.3 Å². The molecule has 1 N–H and O–H groups in total. The maximum absolute atomic E-state index is 13.0. The Morgan fingerprint density at radius 3 is 2.69 bits per heavy atom. The second kappa shape index (κ2) is 7.70. The van der Waals surface area contributed by atoms with Crippen LogP contribution < -0.4 is 5.32 Å². The normalized spacial score (nSPS) is 10.9. The molecule has 3 aromatic rings. The molecular weight excluding hydrogens is 359 g/mol. The monoisotopic (exact) mass is 376 g/mol. The molecule has 2 aromatic heterocycles. The standard InChI is InChI=1S/C18H18ClFN4O2/c1-11-17(19)12(2)24(22-11)9-3-8-21-18(25)15-10-16(26-23-15)13-4-6-14(20)7-5-13/h4-7,10H,3,8-9H2,1-2H3,(H,21,25). The molecule has 0 bridgehead atoms. The molecule has 0 aliphatic rings.